The fraction of sp³-hybridized carbons (Fsp3) is 0.806. The second-order valence-corrected chi connectivity index (χ2v) is 13.5. The number of aliphatic hydroxyl groups is 1. The number of rotatable bonds is 33. The van der Waals surface area contributed by atoms with E-state index in [9.17, 15) is 19.4 Å². The smallest absolute Gasteiger partial charge is 0.387 e. The number of phosphoric ester groups is 1. The van der Waals surface area contributed by atoms with Gasteiger partial charge in [-0.25, -0.2) is 4.57 Å². The molecule has 0 aromatic carbocycles. The Morgan fingerprint density at radius 3 is 1.80 bits per heavy atom. The highest BCUT2D eigenvalue weighted by molar-refractivity contribution is 7.47. The molecule has 0 saturated heterocycles. The van der Waals surface area contributed by atoms with Crippen LogP contribution in [-0.4, -0.2) is 47.8 Å². The largest absolute Gasteiger partial charge is 0.472 e. The van der Waals surface area contributed by atoms with Crippen LogP contribution in [0, 0.1) is 0 Å². The molecule has 45 heavy (non-hydrogen) atoms. The second kappa shape index (κ2) is 32.7. The summed E-state index contributed by atoms with van der Waals surface area (Å²) in [5.41, 5.74) is 5.34. The molecule has 0 bridgehead atoms. The summed E-state index contributed by atoms with van der Waals surface area (Å²) < 4.78 is 22.0. The van der Waals surface area contributed by atoms with Crippen molar-refractivity contribution in [1.82, 2.24) is 5.32 Å². The summed E-state index contributed by atoms with van der Waals surface area (Å²) in [6, 6.07) is -0.864. The quantitative estimate of drug-likeness (QED) is 0.0315. The lowest BCUT2D eigenvalue weighted by Crippen LogP contribution is -2.45. The summed E-state index contributed by atoms with van der Waals surface area (Å²) in [6.07, 6.45) is 36.1. The number of nitrogens with two attached hydrogens (primary N) is 1. The number of carbonyl (C=O) groups is 1. The number of aliphatic hydroxyl groups excluding tert-OH is 1. The van der Waals surface area contributed by atoms with Crippen LogP contribution < -0.4 is 11.1 Å². The van der Waals surface area contributed by atoms with Gasteiger partial charge in [-0.3, -0.25) is 13.8 Å². The molecule has 0 saturated carbocycles. The zero-order chi connectivity index (χ0) is 33.3. The Bertz CT molecular complexity index is 804. The van der Waals surface area contributed by atoms with E-state index in [1.165, 1.54) is 70.6 Å². The van der Waals surface area contributed by atoms with Gasteiger partial charge in [-0.1, -0.05) is 134 Å². The van der Waals surface area contributed by atoms with Crippen molar-refractivity contribution in [3.8, 4) is 0 Å². The van der Waals surface area contributed by atoms with Crippen molar-refractivity contribution in [3.63, 3.8) is 0 Å². The SMILES string of the molecule is CCCCC/C=C\C/C=C\CCCCCCCC(=O)NC(COP(=O)(O)OCCN)C(O)/C=C/CCCCCCCCCCC. The molecule has 5 N–H and O–H groups in total. The van der Waals surface area contributed by atoms with Gasteiger partial charge in [0, 0.05) is 13.0 Å². The maximum atomic E-state index is 12.7. The first-order valence-electron chi connectivity index (χ1n) is 18.1. The monoisotopic (exact) mass is 656 g/mol. The van der Waals surface area contributed by atoms with Crippen LogP contribution in [0.4, 0.5) is 0 Å². The van der Waals surface area contributed by atoms with E-state index in [0.717, 1.165) is 64.2 Å². The molecule has 0 fully saturated rings. The molecule has 0 heterocycles. The highest BCUT2D eigenvalue weighted by Crippen LogP contribution is 2.43. The molecule has 0 spiro atoms. The molecule has 3 unspecified atom stereocenters. The van der Waals surface area contributed by atoms with Gasteiger partial charge in [0.15, 0.2) is 0 Å². The molecule has 0 rings (SSSR count). The molecule has 0 aliphatic rings. The van der Waals surface area contributed by atoms with E-state index in [4.69, 9.17) is 14.8 Å². The first kappa shape index (κ1) is 43.7. The lowest BCUT2D eigenvalue weighted by atomic mass is 10.1. The average Bonchev–Trinajstić information content (AvgIpc) is 3.02. The van der Waals surface area contributed by atoms with Crippen molar-refractivity contribution in [3.05, 3.63) is 36.5 Å². The van der Waals surface area contributed by atoms with Crippen LogP contribution in [0.25, 0.3) is 0 Å². The summed E-state index contributed by atoms with van der Waals surface area (Å²) in [6.45, 7) is 4.06. The van der Waals surface area contributed by atoms with E-state index in [-0.39, 0.29) is 25.7 Å². The number of allylic oxidation sites excluding steroid dienone is 5. The van der Waals surface area contributed by atoms with Gasteiger partial charge >= 0.3 is 7.82 Å². The van der Waals surface area contributed by atoms with Crippen molar-refractivity contribution >= 4 is 13.7 Å². The zero-order valence-electron chi connectivity index (χ0n) is 28.8. The number of nitrogens with one attached hydrogen (secondary N) is 1. The van der Waals surface area contributed by atoms with Crippen LogP contribution in [0.15, 0.2) is 36.5 Å². The summed E-state index contributed by atoms with van der Waals surface area (Å²) in [5.74, 6) is -0.212. The summed E-state index contributed by atoms with van der Waals surface area (Å²) in [4.78, 5) is 22.5. The van der Waals surface area contributed by atoms with Crippen LogP contribution in [0.5, 0.6) is 0 Å². The predicted octanol–water partition coefficient (Wildman–Crippen LogP) is 9.22. The topological polar surface area (TPSA) is 131 Å². The zero-order valence-corrected chi connectivity index (χ0v) is 29.7. The molecule has 0 aromatic heterocycles. The van der Waals surface area contributed by atoms with Gasteiger partial charge in [0.05, 0.1) is 25.4 Å². The Hall–Kier alpha value is -1.28. The minimum Gasteiger partial charge on any atom is -0.387 e. The van der Waals surface area contributed by atoms with Gasteiger partial charge < -0.3 is 21.1 Å². The normalized spacial score (nSPS) is 14.9. The molecule has 3 atom stereocenters. The second-order valence-electron chi connectivity index (χ2n) is 12.1. The molecule has 264 valence electrons. The van der Waals surface area contributed by atoms with Gasteiger partial charge in [-0.2, -0.15) is 0 Å². The molecule has 1 amide bonds. The maximum absolute atomic E-state index is 12.7. The predicted molar refractivity (Wildman–Crippen MR) is 189 cm³/mol. The highest BCUT2D eigenvalue weighted by atomic mass is 31.2. The molecule has 8 nitrogen and oxygen atoms in total. The third kappa shape index (κ3) is 31.1. The van der Waals surface area contributed by atoms with Gasteiger partial charge in [0.1, 0.15) is 0 Å². The van der Waals surface area contributed by atoms with E-state index in [1.807, 2.05) is 6.08 Å². The van der Waals surface area contributed by atoms with Crippen LogP contribution in [0.3, 0.4) is 0 Å². The molecular formula is C36H69N2O6P. The minimum absolute atomic E-state index is 0.0752. The van der Waals surface area contributed by atoms with E-state index in [0.29, 0.717) is 6.42 Å². The standard InChI is InChI=1S/C36H69N2O6P/c1-3-5-7-9-11-13-15-16-17-18-20-22-24-26-28-30-36(40)38-34(33-44-45(41,42)43-32-31-37)35(39)29-27-25-23-21-19-14-12-10-8-6-4-2/h11,13,16-17,27,29,34-35,39H,3-10,12,14-15,18-26,28,30-33,37H2,1-2H3,(H,38,40)(H,41,42)/b13-11-,17-16-,29-27+. The Morgan fingerprint density at radius 1 is 0.733 bits per heavy atom. The Kier molecular flexibility index (Phi) is 31.7. The highest BCUT2D eigenvalue weighted by Gasteiger charge is 2.26. The summed E-state index contributed by atoms with van der Waals surface area (Å²) in [5, 5.41) is 13.5. The average molecular weight is 657 g/mol. The van der Waals surface area contributed by atoms with E-state index < -0.39 is 20.0 Å². The lowest BCUT2D eigenvalue weighted by Gasteiger charge is -2.23. The molecule has 0 aliphatic carbocycles. The Balaban J connectivity index is 4.37. The van der Waals surface area contributed by atoms with E-state index in [2.05, 4.69) is 43.5 Å². The van der Waals surface area contributed by atoms with Gasteiger partial charge in [-0.05, 0) is 51.4 Å². The van der Waals surface area contributed by atoms with Gasteiger partial charge in [0.25, 0.3) is 0 Å². The van der Waals surface area contributed by atoms with Crippen molar-refractivity contribution in [2.75, 3.05) is 19.8 Å². The maximum Gasteiger partial charge on any atom is 0.472 e. The fourth-order valence-electron chi connectivity index (χ4n) is 4.92. The first-order chi connectivity index (χ1) is 21.9. The Labute approximate surface area is 276 Å². The first-order valence-corrected chi connectivity index (χ1v) is 19.6. The van der Waals surface area contributed by atoms with Crippen LogP contribution in [-0.2, 0) is 18.4 Å². The number of carbonyl (C=O) groups excluding carboxylic acids is 1. The Morgan fingerprint density at radius 2 is 1.22 bits per heavy atom. The molecule has 9 heteroatoms. The summed E-state index contributed by atoms with van der Waals surface area (Å²) >= 11 is 0. The molecular weight excluding hydrogens is 587 g/mol. The third-order valence-corrected chi connectivity index (χ3v) is 8.69. The van der Waals surface area contributed by atoms with Gasteiger partial charge in [-0.15, -0.1) is 0 Å². The summed E-state index contributed by atoms with van der Waals surface area (Å²) in [7, 11) is -4.33. The minimum atomic E-state index is -4.33. The number of unbranched alkanes of at least 4 members (excludes halogenated alkanes) is 17. The number of amides is 1. The number of phosphoric acid groups is 1. The van der Waals surface area contributed by atoms with Crippen LogP contribution >= 0.6 is 7.82 Å². The van der Waals surface area contributed by atoms with Crippen molar-refractivity contribution in [1.29, 1.82) is 0 Å². The van der Waals surface area contributed by atoms with Crippen LogP contribution in [0.2, 0.25) is 0 Å². The number of hydrogen-bond acceptors (Lipinski definition) is 6. The fourth-order valence-corrected chi connectivity index (χ4v) is 5.68. The third-order valence-electron chi connectivity index (χ3n) is 7.71. The van der Waals surface area contributed by atoms with E-state index in [1.54, 1.807) is 6.08 Å². The molecule has 0 aliphatic heterocycles. The van der Waals surface area contributed by atoms with Crippen molar-refractivity contribution < 1.29 is 28.4 Å². The molecule has 0 aromatic rings. The van der Waals surface area contributed by atoms with Gasteiger partial charge in [0.2, 0.25) is 5.91 Å². The van der Waals surface area contributed by atoms with E-state index >= 15 is 0 Å². The van der Waals surface area contributed by atoms with Crippen molar-refractivity contribution in [2.24, 2.45) is 5.73 Å². The van der Waals surface area contributed by atoms with Crippen molar-refractivity contribution in [2.45, 2.75) is 167 Å². The lowest BCUT2D eigenvalue weighted by molar-refractivity contribution is -0.123. The van der Waals surface area contributed by atoms with Crippen LogP contribution in [0.1, 0.15) is 155 Å². The molecule has 0 radical (unpaired) electrons. The number of hydrogen-bond donors (Lipinski definition) is 4.